The normalized spacial score (nSPS) is 12.6. The van der Waals surface area contributed by atoms with Crippen LogP contribution in [-0.2, 0) is 0 Å². The summed E-state index contributed by atoms with van der Waals surface area (Å²) in [5.41, 5.74) is 7.85. The van der Waals surface area contributed by atoms with Crippen LogP contribution in [0.25, 0.3) is 11.1 Å². The zero-order valence-corrected chi connectivity index (χ0v) is 11.5. The van der Waals surface area contributed by atoms with Crippen molar-refractivity contribution in [3.63, 3.8) is 0 Å². The van der Waals surface area contributed by atoms with Crippen LogP contribution in [0.1, 0.15) is 31.9 Å². The molecule has 2 rings (SSSR count). The molecule has 1 aromatic heterocycles. The van der Waals surface area contributed by atoms with Gasteiger partial charge in [-0.2, -0.15) is 0 Å². The van der Waals surface area contributed by atoms with Crippen LogP contribution in [0.15, 0.2) is 33.3 Å². The fourth-order valence-corrected chi connectivity index (χ4v) is 2.26. The Morgan fingerprint density at radius 2 is 2.12 bits per heavy atom. The van der Waals surface area contributed by atoms with Gasteiger partial charge in [0, 0.05) is 16.0 Å². The molecule has 0 amide bonds. The third-order valence-electron chi connectivity index (χ3n) is 2.95. The number of rotatable bonds is 3. The summed E-state index contributed by atoms with van der Waals surface area (Å²) in [6, 6.07) is 7.95. The molecule has 1 aromatic carbocycles. The Kier molecular flexibility index (Phi) is 3.52. The third-order valence-corrected chi connectivity index (χ3v) is 3.64. The van der Waals surface area contributed by atoms with Crippen molar-refractivity contribution in [3.05, 3.63) is 34.5 Å². The maximum Gasteiger partial charge on any atom is 0.175 e. The van der Waals surface area contributed by atoms with E-state index < -0.39 is 0 Å². The molecule has 90 valence electrons. The molecule has 0 aliphatic heterocycles. The smallest absolute Gasteiger partial charge is 0.175 e. The lowest BCUT2D eigenvalue weighted by Gasteiger charge is -2.08. The molecule has 0 spiro atoms. The van der Waals surface area contributed by atoms with E-state index >= 15 is 0 Å². The Balaban J connectivity index is 2.59. The molecular weight excluding hydrogens is 280 g/mol. The van der Waals surface area contributed by atoms with E-state index in [2.05, 4.69) is 34.9 Å². The van der Waals surface area contributed by atoms with Crippen LogP contribution in [0.3, 0.4) is 0 Å². The zero-order valence-electron chi connectivity index (χ0n) is 9.90. The van der Waals surface area contributed by atoms with Gasteiger partial charge in [0.2, 0.25) is 0 Å². The summed E-state index contributed by atoms with van der Waals surface area (Å²) in [7, 11) is 0. The fraction of sp³-hybridized carbons (Fsp3) is 0.308. The van der Waals surface area contributed by atoms with Gasteiger partial charge >= 0.3 is 0 Å². The Morgan fingerprint density at radius 1 is 1.41 bits per heavy atom. The quantitative estimate of drug-likeness (QED) is 0.923. The summed E-state index contributed by atoms with van der Waals surface area (Å²) >= 11 is 3.53. The molecular formula is C13H15BrN2O. The van der Waals surface area contributed by atoms with Crippen molar-refractivity contribution in [1.82, 2.24) is 5.16 Å². The molecule has 0 saturated heterocycles. The monoisotopic (exact) mass is 294 g/mol. The molecule has 1 unspecified atom stereocenters. The fourth-order valence-electron chi connectivity index (χ4n) is 1.77. The molecule has 1 heterocycles. The summed E-state index contributed by atoms with van der Waals surface area (Å²) in [5.74, 6) is 1.62. The number of nitrogens with zero attached hydrogens (tertiary/aromatic N) is 1. The Morgan fingerprint density at radius 3 is 2.76 bits per heavy atom. The van der Waals surface area contributed by atoms with Gasteiger partial charge in [-0.05, 0) is 12.5 Å². The minimum atomic E-state index is 0.307. The minimum absolute atomic E-state index is 0.307. The number of anilines is 1. The minimum Gasteiger partial charge on any atom is -0.380 e. The highest BCUT2D eigenvalue weighted by Gasteiger charge is 2.21. The van der Waals surface area contributed by atoms with Gasteiger partial charge in [0.05, 0.1) is 5.56 Å². The molecule has 1 atom stereocenters. The van der Waals surface area contributed by atoms with Gasteiger partial charge in [0.1, 0.15) is 5.76 Å². The molecule has 2 N–H and O–H groups in total. The summed E-state index contributed by atoms with van der Waals surface area (Å²) in [6.45, 7) is 4.23. The zero-order chi connectivity index (χ0) is 12.4. The summed E-state index contributed by atoms with van der Waals surface area (Å²) in [6.07, 6.45) is 0.992. The van der Waals surface area contributed by atoms with Crippen molar-refractivity contribution < 1.29 is 4.52 Å². The largest absolute Gasteiger partial charge is 0.380 e. The second-order valence-electron chi connectivity index (χ2n) is 4.10. The summed E-state index contributed by atoms with van der Waals surface area (Å²) in [5, 5.41) is 3.89. The number of nitrogen functional groups attached to an aromatic ring is 1. The van der Waals surface area contributed by atoms with Crippen LogP contribution in [0.5, 0.6) is 0 Å². The van der Waals surface area contributed by atoms with Crippen molar-refractivity contribution in [2.24, 2.45) is 0 Å². The number of hydrogen-bond acceptors (Lipinski definition) is 3. The van der Waals surface area contributed by atoms with E-state index in [4.69, 9.17) is 10.3 Å². The molecule has 17 heavy (non-hydrogen) atoms. The molecule has 3 nitrogen and oxygen atoms in total. The molecule has 4 heteroatoms. The van der Waals surface area contributed by atoms with Gasteiger partial charge in [-0.3, -0.25) is 0 Å². The first-order valence-corrected chi connectivity index (χ1v) is 6.44. The predicted octanol–water partition coefficient (Wildman–Crippen LogP) is 4.20. The van der Waals surface area contributed by atoms with Gasteiger partial charge in [-0.1, -0.05) is 53.1 Å². The van der Waals surface area contributed by atoms with E-state index in [0.717, 1.165) is 27.8 Å². The highest BCUT2D eigenvalue weighted by Crippen LogP contribution is 2.38. The van der Waals surface area contributed by atoms with Crippen molar-refractivity contribution in [3.8, 4) is 11.1 Å². The average molecular weight is 295 g/mol. The van der Waals surface area contributed by atoms with Crippen LogP contribution < -0.4 is 5.73 Å². The van der Waals surface area contributed by atoms with Crippen molar-refractivity contribution in [2.45, 2.75) is 26.2 Å². The van der Waals surface area contributed by atoms with Gasteiger partial charge in [0.25, 0.3) is 0 Å². The van der Waals surface area contributed by atoms with E-state index in [0.29, 0.717) is 11.7 Å². The van der Waals surface area contributed by atoms with Crippen LogP contribution in [0.2, 0.25) is 0 Å². The number of aromatic nitrogens is 1. The van der Waals surface area contributed by atoms with Crippen LogP contribution in [0, 0.1) is 0 Å². The highest BCUT2D eigenvalue weighted by atomic mass is 79.9. The van der Waals surface area contributed by atoms with Gasteiger partial charge < -0.3 is 10.3 Å². The first-order valence-electron chi connectivity index (χ1n) is 5.65. The van der Waals surface area contributed by atoms with Crippen LogP contribution in [-0.4, -0.2) is 5.16 Å². The van der Waals surface area contributed by atoms with E-state index in [1.165, 1.54) is 0 Å². The second-order valence-corrected chi connectivity index (χ2v) is 4.95. The van der Waals surface area contributed by atoms with Crippen molar-refractivity contribution >= 4 is 21.7 Å². The van der Waals surface area contributed by atoms with Crippen molar-refractivity contribution in [1.29, 1.82) is 0 Å². The molecule has 0 aliphatic carbocycles. The van der Waals surface area contributed by atoms with Crippen LogP contribution >= 0.6 is 15.9 Å². The van der Waals surface area contributed by atoms with Gasteiger partial charge in [0.15, 0.2) is 5.82 Å². The number of benzene rings is 1. The van der Waals surface area contributed by atoms with Gasteiger partial charge in [-0.15, -0.1) is 0 Å². The van der Waals surface area contributed by atoms with E-state index in [9.17, 15) is 0 Å². The van der Waals surface area contributed by atoms with E-state index in [1.807, 2.05) is 24.3 Å². The lowest BCUT2D eigenvalue weighted by molar-refractivity contribution is 0.366. The molecule has 0 bridgehead atoms. The van der Waals surface area contributed by atoms with Gasteiger partial charge in [-0.25, -0.2) is 0 Å². The lowest BCUT2D eigenvalue weighted by Crippen LogP contribution is -1.94. The molecule has 0 radical (unpaired) electrons. The SMILES string of the molecule is CCC(C)c1onc(N)c1-c1ccccc1Br. The topological polar surface area (TPSA) is 52.0 Å². The Labute approximate surface area is 109 Å². The van der Waals surface area contributed by atoms with Crippen LogP contribution in [0.4, 0.5) is 5.82 Å². The molecule has 0 aliphatic rings. The molecule has 2 aromatic rings. The second kappa shape index (κ2) is 4.92. The first-order chi connectivity index (χ1) is 8.15. The lowest BCUT2D eigenvalue weighted by atomic mass is 9.97. The van der Waals surface area contributed by atoms with Crippen molar-refractivity contribution in [2.75, 3.05) is 5.73 Å². The predicted molar refractivity (Wildman–Crippen MR) is 72.8 cm³/mol. The summed E-state index contributed by atoms with van der Waals surface area (Å²) in [4.78, 5) is 0. The number of hydrogen-bond donors (Lipinski definition) is 1. The molecule has 0 fully saturated rings. The first kappa shape index (κ1) is 12.2. The van der Waals surface area contributed by atoms with E-state index in [-0.39, 0.29) is 0 Å². The molecule has 0 saturated carbocycles. The summed E-state index contributed by atoms with van der Waals surface area (Å²) < 4.78 is 6.36. The Hall–Kier alpha value is -1.29. The number of nitrogens with two attached hydrogens (primary N) is 1. The average Bonchev–Trinajstić information content (AvgIpc) is 2.71. The highest BCUT2D eigenvalue weighted by molar-refractivity contribution is 9.10. The third kappa shape index (κ3) is 2.22. The number of halogens is 1. The maximum absolute atomic E-state index is 5.91. The van der Waals surface area contributed by atoms with E-state index in [1.54, 1.807) is 0 Å². The standard InChI is InChI=1S/C13H15BrN2O/c1-3-8(2)12-11(13(15)16-17-12)9-6-4-5-7-10(9)14/h4-8H,3H2,1-2H3,(H2,15,16). The maximum atomic E-state index is 5.91. The Bertz CT molecular complexity index is 522.